The van der Waals surface area contributed by atoms with E-state index in [0.29, 0.717) is 12.4 Å². The van der Waals surface area contributed by atoms with Crippen LogP contribution < -0.4 is 4.74 Å². The van der Waals surface area contributed by atoms with Crippen molar-refractivity contribution >= 4 is 0 Å². The molecule has 0 spiro atoms. The maximum atomic E-state index is 9.81. The molecule has 0 radical (unpaired) electrons. The standard InChI is InChI=1S/C24H26O3/c1-15(2)16(3)5-6-17(4)24-21-12-11-20(26)13-23(21)27-14-22(24)18-7-9-19(25)10-8-18/h5-13,22,24-26H,4,14H2,1-3H3/b6-5-/t22-,24-/m0/s1. The molecule has 0 bridgehead atoms. The first-order chi connectivity index (χ1) is 12.9. The number of benzene rings is 2. The van der Waals surface area contributed by atoms with Gasteiger partial charge in [-0.15, -0.1) is 0 Å². The van der Waals surface area contributed by atoms with Crippen molar-refractivity contribution in [2.45, 2.75) is 32.6 Å². The molecular weight excluding hydrogens is 336 g/mol. The molecule has 2 atom stereocenters. The molecule has 2 N–H and O–H groups in total. The van der Waals surface area contributed by atoms with Crippen molar-refractivity contribution in [3.8, 4) is 17.2 Å². The average molecular weight is 362 g/mol. The summed E-state index contributed by atoms with van der Waals surface area (Å²) in [7, 11) is 0. The molecule has 27 heavy (non-hydrogen) atoms. The van der Waals surface area contributed by atoms with E-state index in [-0.39, 0.29) is 23.3 Å². The molecule has 3 nitrogen and oxygen atoms in total. The third kappa shape index (κ3) is 4.08. The molecular formula is C24H26O3. The van der Waals surface area contributed by atoms with Gasteiger partial charge < -0.3 is 14.9 Å². The van der Waals surface area contributed by atoms with Crippen molar-refractivity contribution in [3.63, 3.8) is 0 Å². The van der Waals surface area contributed by atoms with Gasteiger partial charge in [0, 0.05) is 23.5 Å². The van der Waals surface area contributed by atoms with Gasteiger partial charge in [-0.25, -0.2) is 0 Å². The Labute approximate surface area is 160 Å². The first-order valence-corrected chi connectivity index (χ1v) is 9.12. The van der Waals surface area contributed by atoms with Crippen molar-refractivity contribution in [2.75, 3.05) is 6.61 Å². The van der Waals surface area contributed by atoms with Gasteiger partial charge in [0.1, 0.15) is 17.2 Å². The van der Waals surface area contributed by atoms with Crippen LogP contribution in [0.1, 0.15) is 43.7 Å². The zero-order valence-corrected chi connectivity index (χ0v) is 16.1. The zero-order valence-electron chi connectivity index (χ0n) is 16.1. The Kier molecular flexibility index (Phi) is 5.41. The van der Waals surface area contributed by atoms with Crippen LogP contribution >= 0.6 is 0 Å². The topological polar surface area (TPSA) is 49.7 Å². The lowest BCUT2D eigenvalue weighted by Crippen LogP contribution is -2.25. The van der Waals surface area contributed by atoms with Gasteiger partial charge in [-0.05, 0) is 50.1 Å². The monoisotopic (exact) mass is 362 g/mol. The van der Waals surface area contributed by atoms with Crippen LogP contribution in [0.2, 0.25) is 0 Å². The van der Waals surface area contributed by atoms with Crippen LogP contribution in [0, 0.1) is 0 Å². The van der Waals surface area contributed by atoms with Gasteiger partial charge in [-0.2, -0.15) is 0 Å². The fraction of sp³-hybridized carbons (Fsp3) is 0.250. The molecule has 1 aliphatic rings. The second kappa shape index (κ2) is 7.75. The minimum absolute atomic E-state index is 0.0279. The summed E-state index contributed by atoms with van der Waals surface area (Å²) in [5.41, 5.74) is 5.58. The van der Waals surface area contributed by atoms with Crippen LogP contribution in [-0.2, 0) is 0 Å². The number of phenolic OH excluding ortho intramolecular Hbond substituents is 2. The highest BCUT2D eigenvalue weighted by molar-refractivity contribution is 5.51. The molecule has 2 aromatic carbocycles. The maximum Gasteiger partial charge on any atom is 0.126 e. The first kappa shape index (κ1) is 18.8. The molecule has 0 saturated heterocycles. The highest BCUT2D eigenvalue weighted by Crippen LogP contribution is 2.47. The Morgan fingerprint density at radius 3 is 2.33 bits per heavy atom. The number of hydrogen-bond acceptors (Lipinski definition) is 3. The summed E-state index contributed by atoms with van der Waals surface area (Å²) in [6.07, 6.45) is 4.17. The van der Waals surface area contributed by atoms with E-state index in [2.05, 4.69) is 39.5 Å². The van der Waals surface area contributed by atoms with E-state index >= 15 is 0 Å². The number of hydrogen-bond donors (Lipinski definition) is 2. The maximum absolute atomic E-state index is 9.81. The molecule has 0 aromatic heterocycles. The predicted molar refractivity (Wildman–Crippen MR) is 110 cm³/mol. The van der Waals surface area contributed by atoms with Crippen LogP contribution in [0.25, 0.3) is 0 Å². The van der Waals surface area contributed by atoms with Crippen LogP contribution in [0.15, 0.2) is 77.9 Å². The molecule has 0 saturated carbocycles. The van der Waals surface area contributed by atoms with Gasteiger partial charge in [0.2, 0.25) is 0 Å². The number of aromatic hydroxyl groups is 2. The van der Waals surface area contributed by atoms with E-state index in [1.54, 1.807) is 24.3 Å². The molecule has 1 aliphatic heterocycles. The highest BCUT2D eigenvalue weighted by atomic mass is 16.5. The van der Waals surface area contributed by atoms with Crippen LogP contribution in [0.5, 0.6) is 17.2 Å². The Hall–Kier alpha value is -2.94. The fourth-order valence-electron chi connectivity index (χ4n) is 3.37. The Morgan fingerprint density at radius 2 is 1.67 bits per heavy atom. The Balaban J connectivity index is 2.03. The van der Waals surface area contributed by atoms with Gasteiger partial charge in [0.25, 0.3) is 0 Å². The lowest BCUT2D eigenvalue weighted by atomic mass is 9.75. The summed E-state index contributed by atoms with van der Waals surface area (Å²) in [6.45, 7) is 11.1. The van der Waals surface area contributed by atoms with E-state index < -0.39 is 0 Å². The molecule has 140 valence electrons. The first-order valence-electron chi connectivity index (χ1n) is 9.12. The largest absolute Gasteiger partial charge is 0.508 e. The Morgan fingerprint density at radius 1 is 1.00 bits per heavy atom. The zero-order chi connectivity index (χ0) is 19.6. The van der Waals surface area contributed by atoms with E-state index in [4.69, 9.17) is 4.74 Å². The molecule has 2 aromatic rings. The van der Waals surface area contributed by atoms with Crippen molar-refractivity contribution in [1.29, 1.82) is 0 Å². The van der Waals surface area contributed by atoms with Crippen molar-refractivity contribution in [1.82, 2.24) is 0 Å². The van der Waals surface area contributed by atoms with Crippen LogP contribution in [-0.4, -0.2) is 16.8 Å². The van der Waals surface area contributed by atoms with E-state index in [1.807, 2.05) is 18.2 Å². The summed E-state index contributed by atoms with van der Waals surface area (Å²) in [5, 5.41) is 19.4. The van der Waals surface area contributed by atoms with Crippen LogP contribution in [0.3, 0.4) is 0 Å². The normalized spacial score (nSPS) is 18.6. The molecule has 3 rings (SSSR count). The van der Waals surface area contributed by atoms with Crippen molar-refractivity contribution in [3.05, 3.63) is 89.0 Å². The van der Waals surface area contributed by atoms with Gasteiger partial charge in [-0.1, -0.05) is 48.1 Å². The molecule has 0 aliphatic carbocycles. The lowest BCUT2D eigenvalue weighted by Gasteiger charge is -2.34. The fourth-order valence-corrected chi connectivity index (χ4v) is 3.37. The molecule has 1 heterocycles. The molecule has 3 heteroatoms. The van der Waals surface area contributed by atoms with Gasteiger partial charge in [0.15, 0.2) is 0 Å². The molecule has 0 amide bonds. The van der Waals surface area contributed by atoms with Crippen LogP contribution in [0.4, 0.5) is 0 Å². The third-order valence-corrected chi connectivity index (χ3v) is 5.21. The van der Waals surface area contributed by atoms with Gasteiger partial charge in [0.05, 0.1) is 6.61 Å². The smallest absolute Gasteiger partial charge is 0.126 e. The summed E-state index contributed by atoms with van der Waals surface area (Å²) in [6, 6.07) is 12.5. The lowest BCUT2D eigenvalue weighted by molar-refractivity contribution is 0.247. The summed E-state index contributed by atoms with van der Waals surface area (Å²) < 4.78 is 5.95. The van der Waals surface area contributed by atoms with Crippen molar-refractivity contribution in [2.24, 2.45) is 0 Å². The van der Waals surface area contributed by atoms with E-state index in [9.17, 15) is 10.2 Å². The van der Waals surface area contributed by atoms with Gasteiger partial charge >= 0.3 is 0 Å². The summed E-state index contributed by atoms with van der Waals surface area (Å²) >= 11 is 0. The van der Waals surface area contributed by atoms with E-state index in [1.165, 1.54) is 11.1 Å². The number of fused-ring (bicyclic) bond motifs is 1. The summed E-state index contributed by atoms with van der Waals surface area (Å²) in [5.74, 6) is 1.24. The van der Waals surface area contributed by atoms with E-state index in [0.717, 1.165) is 16.7 Å². The third-order valence-electron chi connectivity index (χ3n) is 5.21. The second-order valence-corrected chi connectivity index (χ2v) is 7.30. The molecule has 0 unspecified atom stereocenters. The second-order valence-electron chi connectivity index (χ2n) is 7.30. The SMILES string of the molecule is C=C(/C=C\C(C)=C(C)C)[C@H]1c2ccc(O)cc2OC[C@H]1c1ccc(O)cc1. The predicted octanol–water partition coefficient (Wildman–Crippen LogP) is 5.83. The number of phenols is 2. The van der Waals surface area contributed by atoms with Crippen molar-refractivity contribution < 1.29 is 14.9 Å². The summed E-state index contributed by atoms with van der Waals surface area (Å²) in [4.78, 5) is 0. The number of rotatable bonds is 4. The minimum atomic E-state index is 0.0279. The quantitative estimate of drug-likeness (QED) is 0.673. The number of allylic oxidation sites excluding steroid dienone is 5. The molecule has 0 fully saturated rings. The minimum Gasteiger partial charge on any atom is -0.508 e. The average Bonchev–Trinajstić information content (AvgIpc) is 2.65. The number of ether oxygens (including phenoxy) is 1. The van der Waals surface area contributed by atoms with Gasteiger partial charge in [-0.3, -0.25) is 0 Å². The Bertz CT molecular complexity index is 900. The highest BCUT2D eigenvalue weighted by Gasteiger charge is 2.33.